The molecule has 3 aromatic heterocycles. The highest BCUT2D eigenvalue weighted by Crippen LogP contribution is 2.30. The molecule has 0 saturated carbocycles. The summed E-state index contributed by atoms with van der Waals surface area (Å²) in [7, 11) is 1.82. The maximum atomic E-state index is 12.8. The summed E-state index contributed by atoms with van der Waals surface area (Å²) in [4.78, 5) is 19.9. The molecule has 0 aliphatic rings. The lowest BCUT2D eigenvalue weighted by atomic mass is 10.2. The van der Waals surface area contributed by atoms with Crippen LogP contribution in [-0.2, 0) is 13.2 Å². The topological polar surface area (TPSA) is 94.0 Å². The first-order chi connectivity index (χ1) is 15.8. The number of hydrogen-bond donors (Lipinski definition) is 2. The van der Waals surface area contributed by atoms with Crippen molar-refractivity contribution >= 4 is 17.4 Å². The number of rotatable bonds is 5. The molecule has 0 saturated heterocycles. The summed E-state index contributed by atoms with van der Waals surface area (Å²) in [6.07, 6.45) is 2.43. The van der Waals surface area contributed by atoms with Gasteiger partial charge in [0.15, 0.2) is 0 Å². The lowest BCUT2D eigenvalue weighted by molar-refractivity contribution is -0.137. The Bertz CT molecular complexity index is 1270. The molecule has 11 heteroatoms. The van der Waals surface area contributed by atoms with Crippen LogP contribution in [0, 0.1) is 0 Å². The number of nitrogens with zero attached hydrogens (tertiary/aromatic N) is 4. The van der Waals surface area contributed by atoms with Gasteiger partial charge in [-0.05, 0) is 36.4 Å². The predicted octanol–water partition coefficient (Wildman–Crippen LogP) is 5.33. The third-order valence-electron chi connectivity index (χ3n) is 4.40. The van der Waals surface area contributed by atoms with Gasteiger partial charge in [0.05, 0.1) is 29.3 Å². The van der Waals surface area contributed by atoms with Gasteiger partial charge in [0.1, 0.15) is 11.5 Å². The Hall–Kier alpha value is -4.41. The van der Waals surface area contributed by atoms with Gasteiger partial charge in [-0.15, -0.1) is 0 Å². The molecule has 0 radical (unpaired) electrons. The standard InChI is InChI=1S/C22H17F3N6O2/c1-31-13-14(10-28-31)20-9-19(6-7-27-20)33-18-4-2-16(3-5-18)29-21(32)30-17-8-15(11-26-12-17)22(23,24)25/h2-13H,1H3,(H2,29,30,32). The van der Waals surface area contributed by atoms with Crippen molar-refractivity contribution < 1.29 is 22.7 Å². The van der Waals surface area contributed by atoms with Gasteiger partial charge in [0.25, 0.3) is 0 Å². The lowest BCUT2D eigenvalue weighted by Gasteiger charge is -2.11. The molecular weight excluding hydrogens is 437 g/mol. The summed E-state index contributed by atoms with van der Waals surface area (Å²) in [5, 5.41) is 8.99. The molecule has 4 aromatic rings. The number of aromatic nitrogens is 4. The minimum absolute atomic E-state index is 0.0793. The Morgan fingerprint density at radius 1 is 0.970 bits per heavy atom. The second kappa shape index (κ2) is 8.99. The van der Waals surface area contributed by atoms with E-state index in [2.05, 4.69) is 25.7 Å². The van der Waals surface area contributed by atoms with Gasteiger partial charge in [-0.3, -0.25) is 14.6 Å². The van der Waals surface area contributed by atoms with Crippen LogP contribution in [0.2, 0.25) is 0 Å². The maximum Gasteiger partial charge on any atom is 0.417 e. The van der Waals surface area contributed by atoms with E-state index in [0.717, 1.165) is 17.8 Å². The van der Waals surface area contributed by atoms with E-state index in [-0.39, 0.29) is 5.69 Å². The molecule has 3 heterocycles. The molecule has 4 rings (SSSR count). The minimum Gasteiger partial charge on any atom is -0.457 e. The smallest absolute Gasteiger partial charge is 0.417 e. The number of hydrogen-bond acceptors (Lipinski definition) is 5. The Labute approximate surface area is 186 Å². The van der Waals surface area contributed by atoms with Crippen LogP contribution in [-0.4, -0.2) is 25.8 Å². The number of amides is 2. The fraction of sp³-hybridized carbons (Fsp3) is 0.0909. The van der Waals surface area contributed by atoms with Crippen molar-refractivity contribution in [2.75, 3.05) is 10.6 Å². The number of ether oxygens (including phenoxy) is 1. The monoisotopic (exact) mass is 454 g/mol. The zero-order valence-corrected chi connectivity index (χ0v) is 17.2. The van der Waals surface area contributed by atoms with Crippen LogP contribution in [0.3, 0.4) is 0 Å². The normalized spacial score (nSPS) is 11.2. The number of nitrogens with one attached hydrogen (secondary N) is 2. The summed E-state index contributed by atoms with van der Waals surface area (Å²) in [6.45, 7) is 0. The second-order valence-corrected chi connectivity index (χ2v) is 6.95. The van der Waals surface area contributed by atoms with Crippen LogP contribution >= 0.6 is 0 Å². The Kier molecular flexibility index (Phi) is 5.94. The summed E-state index contributed by atoms with van der Waals surface area (Å²) in [5.41, 5.74) is 0.948. The first kappa shape index (κ1) is 21.8. The van der Waals surface area contributed by atoms with Gasteiger partial charge in [0.2, 0.25) is 0 Å². The summed E-state index contributed by atoms with van der Waals surface area (Å²) in [5.74, 6) is 1.09. The van der Waals surface area contributed by atoms with Crippen LogP contribution < -0.4 is 15.4 Å². The van der Waals surface area contributed by atoms with E-state index in [9.17, 15) is 18.0 Å². The van der Waals surface area contributed by atoms with Gasteiger partial charge in [-0.2, -0.15) is 18.3 Å². The SMILES string of the molecule is Cn1cc(-c2cc(Oc3ccc(NC(=O)Nc4cncc(C(F)(F)F)c4)cc3)ccn2)cn1. The summed E-state index contributed by atoms with van der Waals surface area (Å²) >= 11 is 0. The molecule has 0 aliphatic heterocycles. The van der Waals surface area contributed by atoms with E-state index in [4.69, 9.17) is 4.74 Å². The van der Waals surface area contributed by atoms with E-state index in [1.165, 1.54) is 0 Å². The number of anilines is 2. The third kappa shape index (κ3) is 5.64. The lowest BCUT2D eigenvalue weighted by Crippen LogP contribution is -2.20. The Morgan fingerprint density at radius 3 is 2.42 bits per heavy atom. The molecule has 0 fully saturated rings. The molecule has 1 aromatic carbocycles. The zero-order valence-electron chi connectivity index (χ0n) is 17.2. The van der Waals surface area contributed by atoms with Crippen molar-refractivity contribution in [3.63, 3.8) is 0 Å². The number of halogens is 3. The van der Waals surface area contributed by atoms with Crippen LogP contribution in [0.15, 0.2) is 73.4 Å². The maximum absolute atomic E-state index is 12.8. The van der Waals surface area contributed by atoms with E-state index in [0.29, 0.717) is 29.1 Å². The molecule has 0 unspecified atom stereocenters. The third-order valence-corrected chi connectivity index (χ3v) is 4.40. The molecule has 0 bridgehead atoms. The molecule has 2 N–H and O–H groups in total. The van der Waals surface area contributed by atoms with Crippen molar-refractivity contribution in [2.24, 2.45) is 7.05 Å². The number of benzene rings is 1. The Morgan fingerprint density at radius 2 is 1.73 bits per heavy atom. The van der Waals surface area contributed by atoms with E-state index in [1.54, 1.807) is 53.5 Å². The van der Waals surface area contributed by atoms with E-state index >= 15 is 0 Å². The van der Waals surface area contributed by atoms with Crippen molar-refractivity contribution in [1.29, 1.82) is 0 Å². The molecule has 0 atom stereocenters. The summed E-state index contributed by atoms with van der Waals surface area (Å²) in [6, 6.07) is 10.1. The highest BCUT2D eigenvalue weighted by molar-refractivity contribution is 5.99. The average molecular weight is 454 g/mol. The van der Waals surface area contributed by atoms with Gasteiger partial charge >= 0.3 is 12.2 Å². The first-order valence-corrected chi connectivity index (χ1v) is 9.59. The van der Waals surface area contributed by atoms with Crippen molar-refractivity contribution in [3.8, 4) is 22.8 Å². The fourth-order valence-corrected chi connectivity index (χ4v) is 2.89. The molecule has 8 nitrogen and oxygen atoms in total. The zero-order chi connectivity index (χ0) is 23.4. The average Bonchev–Trinajstić information content (AvgIpc) is 3.21. The largest absolute Gasteiger partial charge is 0.457 e. The number of carbonyl (C=O) groups is 1. The molecule has 168 valence electrons. The molecule has 0 aliphatic carbocycles. The Balaban J connectivity index is 1.37. The van der Waals surface area contributed by atoms with E-state index < -0.39 is 17.8 Å². The first-order valence-electron chi connectivity index (χ1n) is 9.59. The van der Waals surface area contributed by atoms with Crippen molar-refractivity contribution in [3.05, 3.63) is 79.0 Å². The van der Waals surface area contributed by atoms with Crippen molar-refractivity contribution in [1.82, 2.24) is 19.7 Å². The minimum atomic E-state index is -4.55. The fourth-order valence-electron chi connectivity index (χ4n) is 2.89. The van der Waals surface area contributed by atoms with Crippen LogP contribution in [0.25, 0.3) is 11.3 Å². The second-order valence-electron chi connectivity index (χ2n) is 6.95. The molecule has 2 amide bonds. The van der Waals surface area contributed by atoms with Crippen molar-refractivity contribution in [2.45, 2.75) is 6.18 Å². The van der Waals surface area contributed by atoms with Crippen LogP contribution in [0.5, 0.6) is 11.5 Å². The quantitative estimate of drug-likeness (QED) is 0.425. The van der Waals surface area contributed by atoms with Gasteiger partial charge < -0.3 is 15.4 Å². The predicted molar refractivity (Wildman–Crippen MR) is 115 cm³/mol. The number of pyridine rings is 2. The summed E-state index contributed by atoms with van der Waals surface area (Å²) < 4.78 is 45.8. The molecule has 33 heavy (non-hydrogen) atoms. The number of urea groups is 1. The number of alkyl halides is 3. The molecular formula is C22H17F3N6O2. The van der Waals surface area contributed by atoms with Gasteiger partial charge in [-0.1, -0.05) is 0 Å². The molecule has 0 spiro atoms. The number of carbonyl (C=O) groups excluding carboxylic acids is 1. The highest BCUT2D eigenvalue weighted by atomic mass is 19.4. The van der Waals surface area contributed by atoms with Gasteiger partial charge in [-0.25, -0.2) is 4.79 Å². The van der Waals surface area contributed by atoms with E-state index in [1.807, 2.05) is 13.2 Å². The van der Waals surface area contributed by atoms with Crippen LogP contribution in [0.4, 0.5) is 29.3 Å². The number of aryl methyl sites for hydroxylation is 1. The highest BCUT2D eigenvalue weighted by Gasteiger charge is 2.31. The van der Waals surface area contributed by atoms with Crippen LogP contribution in [0.1, 0.15) is 5.56 Å². The van der Waals surface area contributed by atoms with Gasteiger partial charge in [0, 0.05) is 43.0 Å².